The number of hydrogen-bond donors (Lipinski definition) is 0. The molecular formula is C24H27N7O2. The Morgan fingerprint density at radius 3 is 2.61 bits per heavy atom. The van der Waals surface area contributed by atoms with Crippen molar-refractivity contribution >= 4 is 23.2 Å². The molecule has 170 valence electrons. The van der Waals surface area contributed by atoms with Crippen LogP contribution in [-0.2, 0) is 0 Å². The molecule has 0 spiro atoms. The van der Waals surface area contributed by atoms with Gasteiger partial charge in [-0.25, -0.2) is 4.98 Å². The van der Waals surface area contributed by atoms with Crippen LogP contribution >= 0.6 is 0 Å². The number of oxazole rings is 1. The number of carbonyl (C=O) groups is 1. The molecule has 0 bridgehead atoms. The van der Waals surface area contributed by atoms with Crippen molar-refractivity contribution in [3.05, 3.63) is 59.5 Å². The molecule has 0 radical (unpaired) electrons. The number of anilines is 1. The van der Waals surface area contributed by atoms with Crippen molar-refractivity contribution in [1.82, 2.24) is 29.9 Å². The highest BCUT2D eigenvalue weighted by atomic mass is 16.4. The molecule has 3 aromatic heterocycles. The zero-order valence-corrected chi connectivity index (χ0v) is 19.3. The number of rotatable bonds is 3. The van der Waals surface area contributed by atoms with E-state index in [2.05, 4.69) is 33.9 Å². The molecule has 5 rings (SSSR count). The third-order valence-electron chi connectivity index (χ3n) is 6.47. The fourth-order valence-electron chi connectivity index (χ4n) is 4.36. The molecule has 1 aliphatic heterocycles. The van der Waals surface area contributed by atoms with E-state index in [1.807, 2.05) is 43.0 Å². The minimum Gasteiger partial charge on any atom is -0.404 e. The van der Waals surface area contributed by atoms with Crippen molar-refractivity contribution in [2.45, 2.75) is 33.7 Å². The summed E-state index contributed by atoms with van der Waals surface area (Å²) in [5.74, 6) is 0.180. The van der Waals surface area contributed by atoms with Crippen LogP contribution in [-0.4, -0.2) is 61.4 Å². The second-order valence-corrected chi connectivity index (χ2v) is 8.78. The number of fused-ring (bicyclic) bond motifs is 1. The van der Waals surface area contributed by atoms with Gasteiger partial charge in [0.05, 0.1) is 23.6 Å². The van der Waals surface area contributed by atoms with Crippen molar-refractivity contribution < 1.29 is 9.21 Å². The van der Waals surface area contributed by atoms with E-state index in [0.29, 0.717) is 36.1 Å². The Morgan fingerprint density at radius 2 is 1.85 bits per heavy atom. The number of carbonyl (C=O) groups excluding carboxylic acids is 1. The predicted octanol–water partition coefficient (Wildman–Crippen LogP) is 3.41. The van der Waals surface area contributed by atoms with E-state index in [9.17, 15) is 4.79 Å². The fourth-order valence-corrected chi connectivity index (χ4v) is 4.36. The van der Waals surface area contributed by atoms with Crippen LogP contribution in [0.5, 0.6) is 0 Å². The molecule has 2 atom stereocenters. The highest BCUT2D eigenvalue weighted by Gasteiger charge is 2.33. The highest BCUT2D eigenvalue weighted by molar-refractivity contribution is 5.98. The maximum Gasteiger partial charge on any atom is 0.299 e. The van der Waals surface area contributed by atoms with Crippen LogP contribution in [0.3, 0.4) is 0 Å². The topological polar surface area (TPSA) is 93.2 Å². The van der Waals surface area contributed by atoms with Crippen LogP contribution in [0.2, 0.25) is 0 Å². The van der Waals surface area contributed by atoms with Gasteiger partial charge in [-0.1, -0.05) is 18.6 Å². The minimum atomic E-state index is -0.0257. The second kappa shape index (κ2) is 8.31. The van der Waals surface area contributed by atoms with Crippen LogP contribution in [0.15, 0.2) is 47.3 Å². The molecule has 1 amide bonds. The Labute approximate surface area is 192 Å². The molecule has 1 aliphatic rings. The number of aromatic nitrogens is 5. The molecule has 9 heteroatoms. The van der Waals surface area contributed by atoms with E-state index >= 15 is 0 Å². The lowest BCUT2D eigenvalue weighted by molar-refractivity contribution is 0.0670. The van der Waals surface area contributed by atoms with Gasteiger partial charge in [0, 0.05) is 31.9 Å². The van der Waals surface area contributed by atoms with E-state index in [-0.39, 0.29) is 17.9 Å². The van der Waals surface area contributed by atoms with Gasteiger partial charge in [-0.3, -0.25) is 4.79 Å². The quantitative estimate of drug-likeness (QED) is 0.477. The number of aryl methyl sites for hydroxylation is 2. The Hall–Kier alpha value is -3.75. The monoisotopic (exact) mass is 445 g/mol. The molecule has 1 aromatic carbocycles. The van der Waals surface area contributed by atoms with Gasteiger partial charge >= 0.3 is 0 Å². The average molecular weight is 446 g/mol. The number of nitrogens with zero attached hydrogens (tertiary/aromatic N) is 7. The lowest BCUT2D eigenvalue weighted by Crippen LogP contribution is -2.42. The summed E-state index contributed by atoms with van der Waals surface area (Å²) in [7, 11) is 0. The molecule has 1 saturated heterocycles. The zero-order valence-electron chi connectivity index (χ0n) is 19.3. The molecule has 4 aromatic rings. The van der Waals surface area contributed by atoms with E-state index in [1.54, 1.807) is 18.6 Å². The Morgan fingerprint density at radius 1 is 1.06 bits per heavy atom. The van der Waals surface area contributed by atoms with Crippen LogP contribution in [0.4, 0.5) is 6.01 Å². The van der Waals surface area contributed by atoms with Crippen LogP contribution < -0.4 is 4.90 Å². The van der Waals surface area contributed by atoms with E-state index in [4.69, 9.17) is 9.40 Å². The van der Waals surface area contributed by atoms with Gasteiger partial charge < -0.3 is 14.2 Å². The standard InChI is InChI=1S/C24H27N7O2/c1-15-5-6-20(31-26-9-10-27-31)19(13-15)23(32)30-12-11-29(14-17(3)18(30)4)24-28-21-16(2)7-8-25-22(21)33-24/h5-10,13,17-18H,11-12,14H2,1-4H3. The van der Waals surface area contributed by atoms with Crippen molar-refractivity contribution in [2.75, 3.05) is 24.5 Å². The number of amides is 1. The van der Waals surface area contributed by atoms with E-state index in [1.165, 1.54) is 4.80 Å². The molecule has 0 N–H and O–H groups in total. The summed E-state index contributed by atoms with van der Waals surface area (Å²) in [6.07, 6.45) is 4.95. The maximum absolute atomic E-state index is 13.8. The first kappa shape index (κ1) is 21.1. The first-order chi connectivity index (χ1) is 15.9. The van der Waals surface area contributed by atoms with Crippen LogP contribution in [0.25, 0.3) is 16.9 Å². The fraction of sp³-hybridized carbons (Fsp3) is 0.375. The van der Waals surface area contributed by atoms with Crippen molar-refractivity contribution in [3.8, 4) is 5.69 Å². The Balaban J connectivity index is 1.45. The predicted molar refractivity (Wildman–Crippen MR) is 125 cm³/mol. The summed E-state index contributed by atoms with van der Waals surface area (Å²) in [5, 5.41) is 8.47. The second-order valence-electron chi connectivity index (χ2n) is 8.78. The first-order valence-corrected chi connectivity index (χ1v) is 11.2. The Kier molecular flexibility index (Phi) is 5.32. The SMILES string of the molecule is Cc1ccc(-n2nccn2)c(C(=O)N2CCN(c3nc4c(C)ccnc4o3)CC(C)C2C)c1. The summed E-state index contributed by atoms with van der Waals surface area (Å²) in [4.78, 5) is 28.4. The maximum atomic E-state index is 13.8. The molecule has 33 heavy (non-hydrogen) atoms. The normalized spacial score (nSPS) is 19.2. The Bertz CT molecular complexity index is 1300. The number of pyridine rings is 1. The van der Waals surface area contributed by atoms with Gasteiger partial charge in [0.25, 0.3) is 11.9 Å². The molecule has 0 aliphatic carbocycles. The van der Waals surface area contributed by atoms with Gasteiger partial charge in [-0.2, -0.15) is 20.0 Å². The molecule has 0 saturated carbocycles. The van der Waals surface area contributed by atoms with Gasteiger partial charge in [-0.05, 0) is 50.5 Å². The minimum absolute atomic E-state index is 0.0257. The van der Waals surface area contributed by atoms with Gasteiger partial charge in [-0.15, -0.1) is 0 Å². The average Bonchev–Trinajstić information content (AvgIpc) is 3.46. The number of benzene rings is 1. The summed E-state index contributed by atoms with van der Waals surface area (Å²) >= 11 is 0. The zero-order chi connectivity index (χ0) is 23.1. The van der Waals surface area contributed by atoms with E-state index in [0.717, 1.165) is 23.2 Å². The van der Waals surface area contributed by atoms with Gasteiger partial charge in [0.15, 0.2) is 0 Å². The summed E-state index contributed by atoms with van der Waals surface area (Å²) in [6, 6.07) is 8.29. The molecule has 1 fully saturated rings. The van der Waals surface area contributed by atoms with Crippen LogP contribution in [0, 0.1) is 19.8 Å². The molecular weight excluding hydrogens is 418 g/mol. The first-order valence-electron chi connectivity index (χ1n) is 11.2. The highest BCUT2D eigenvalue weighted by Crippen LogP contribution is 2.27. The largest absolute Gasteiger partial charge is 0.404 e. The third-order valence-corrected chi connectivity index (χ3v) is 6.47. The van der Waals surface area contributed by atoms with Crippen molar-refractivity contribution in [3.63, 3.8) is 0 Å². The molecule has 9 nitrogen and oxygen atoms in total. The summed E-state index contributed by atoms with van der Waals surface area (Å²) in [5.41, 5.74) is 4.64. The molecule has 2 unspecified atom stereocenters. The third kappa shape index (κ3) is 3.83. The summed E-state index contributed by atoms with van der Waals surface area (Å²) in [6.45, 7) is 10.1. The van der Waals surface area contributed by atoms with Crippen LogP contribution in [0.1, 0.15) is 35.3 Å². The smallest absolute Gasteiger partial charge is 0.299 e. The van der Waals surface area contributed by atoms with Crippen molar-refractivity contribution in [1.29, 1.82) is 0 Å². The van der Waals surface area contributed by atoms with E-state index < -0.39 is 0 Å². The van der Waals surface area contributed by atoms with Gasteiger partial charge in [0.1, 0.15) is 5.52 Å². The van der Waals surface area contributed by atoms with Crippen molar-refractivity contribution in [2.24, 2.45) is 5.92 Å². The van der Waals surface area contributed by atoms with Gasteiger partial charge in [0.2, 0.25) is 5.71 Å². The lowest BCUT2D eigenvalue weighted by atomic mass is 10.0. The molecule has 4 heterocycles. The lowest BCUT2D eigenvalue weighted by Gasteiger charge is -2.30. The summed E-state index contributed by atoms with van der Waals surface area (Å²) < 4.78 is 5.97. The number of hydrogen-bond acceptors (Lipinski definition) is 7.